The second kappa shape index (κ2) is 8.04. The van der Waals surface area contributed by atoms with E-state index in [1.807, 2.05) is 18.0 Å². The second-order valence-electron chi connectivity index (χ2n) is 6.72. The number of anilines is 1. The molecule has 0 fully saturated rings. The van der Waals surface area contributed by atoms with Crippen molar-refractivity contribution >= 4 is 17.6 Å². The molecule has 0 aromatic carbocycles. The lowest BCUT2D eigenvalue weighted by atomic mass is 10.1. The molecule has 21 heavy (non-hydrogen) atoms. The van der Waals surface area contributed by atoms with Gasteiger partial charge in [0.25, 0.3) is 0 Å². The summed E-state index contributed by atoms with van der Waals surface area (Å²) in [7, 11) is 2.16. The lowest BCUT2D eigenvalue weighted by Gasteiger charge is -2.29. The second-order valence-corrected chi connectivity index (χ2v) is 7.63. The van der Waals surface area contributed by atoms with Crippen molar-refractivity contribution in [1.29, 1.82) is 0 Å². The summed E-state index contributed by atoms with van der Waals surface area (Å²) in [4.78, 5) is 7.03. The normalized spacial score (nSPS) is 13.3. The van der Waals surface area contributed by atoms with E-state index in [0.29, 0.717) is 6.04 Å². The molecule has 0 saturated carbocycles. The van der Waals surface area contributed by atoms with E-state index in [0.717, 1.165) is 24.5 Å². The molecule has 1 unspecified atom stereocenters. The van der Waals surface area contributed by atoms with E-state index in [1.165, 1.54) is 11.1 Å². The van der Waals surface area contributed by atoms with Gasteiger partial charge < -0.3 is 10.2 Å². The van der Waals surface area contributed by atoms with Crippen LogP contribution in [0.25, 0.3) is 0 Å². The summed E-state index contributed by atoms with van der Waals surface area (Å²) in [5.74, 6) is 2.25. The van der Waals surface area contributed by atoms with Gasteiger partial charge in [0.1, 0.15) is 5.82 Å². The molecule has 0 spiro atoms. The first-order valence-corrected chi connectivity index (χ1v) is 9.10. The van der Waals surface area contributed by atoms with Crippen molar-refractivity contribution in [3.8, 4) is 0 Å². The monoisotopic (exact) mass is 309 g/mol. The molecule has 1 N–H and O–H groups in total. The van der Waals surface area contributed by atoms with Gasteiger partial charge in [0.2, 0.25) is 0 Å². The molecule has 1 aromatic rings. The summed E-state index contributed by atoms with van der Waals surface area (Å²) in [6.07, 6.45) is 5.31. The summed E-state index contributed by atoms with van der Waals surface area (Å²) in [5, 5.41) is 3.51. The molecule has 0 amide bonds. The molecule has 1 atom stereocenters. The molecule has 1 aromatic heterocycles. The molecule has 0 bridgehead atoms. The summed E-state index contributed by atoms with van der Waals surface area (Å²) < 4.78 is 0. The maximum Gasteiger partial charge on any atom is 0.131 e. The van der Waals surface area contributed by atoms with Gasteiger partial charge in [-0.3, -0.25) is 0 Å². The van der Waals surface area contributed by atoms with E-state index in [-0.39, 0.29) is 5.54 Å². The van der Waals surface area contributed by atoms with Gasteiger partial charge in [0.05, 0.1) is 0 Å². The lowest BCUT2D eigenvalue weighted by Crippen LogP contribution is -2.35. The summed E-state index contributed by atoms with van der Waals surface area (Å²) in [5.41, 5.74) is 2.64. The third-order valence-corrected chi connectivity index (χ3v) is 4.36. The highest BCUT2D eigenvalue weighted by molar-refractivity contribution is 7.98. The van der Waals surface area contributed by atoms with Crippen LogP contribution in [0.5, 0.6) is 0 Å². The van der Waals surface area contributed by atoms with Gasteiger partial charge in [-0.05, 0) is 57.6 Å². The Bertz CT molecular complexity index is 440. The van der Waals surface area contributed by atoms with Gasteiger partial charge in [-0.1, -0.05) is 6.92 Å². The number of aryl methyl sites for hydroxylation is 1. The Hall–Kier alpha value is -0.740. The third-order valence-electron chi connectivity index (χ3n) is 3.64. The standard InChI is InChI=1S/C17H31N3S/c1-8-15(12-21-7)20(6)16-13(2)9-14(10-18-16)11-19-17(3,4)5/h9-10,15,19H,8,11-12H2,1-7H3. The molecule has 0 aliphatic heterocycles. The third kappa shape index (κ3) is 5.87. The van der Waals surface area contributed by atoms with E-state index >= 15 is 0 Å². The van der Waals surface area contributed by atoms with Crippen LogP contribution in [0.2, 0.25) is 0 Å². The van der Waals surface area contributed by atoms with E-state index in [9.17, 15) is 0 Å². The summed E-state index contributed by atoms with van der Waals surface area (Å²) in [6, 6.07) is 2.80. The van der Waals surface area contributed by atoms with E-state index in [2.05, 4.69) is 64.2 Å². The minimum absolute atomic E-state index is 0.134. The molecule has 0 aliphatic rings. The summed E-state index contributed by atoms with van der Waals surface area (Å²) >= 11 is 1.90. The van der Waals surface area contributed by atoms with Crippen molar-refractivity contribution in [3.05, 3.63) is 23.4 Å². The zero-order valence-electron chi connectivity index (χ0n) is 14.7. The largest absolute Gasteiger partial charge is 0.356 e. The number of nitrogens with zero attached hydrogens (tertiary/aromatic N) is 2. The first-order chi connectivity index (χ1) is 9.78. The number of rotatable bonds is 7. The number of thioether (sulfide) groups is 1. The van der Waals surface area contributed by atoms with Crippen LogP contribution < -0.4 is 10.2 Å². The Morgan fingerprint density at radius 1 is 1.38 bits per heavy atom. The number of hydrogen-bond acceptors (Lipinski definition) is 4. The topological polar surface area (TPSA) is 28.2 Å². The van der Waals surface area contributed by atoms with E-state index < -0.39 is 0 Å². The molecule has 0 saturated heterocycles. The van der Waals surface area contributed by atoms with Crippen molar-refractivity contribution in [2.45, 2.75) is 59.2 Å². The number of pyridine rings is 1. The van der Waals surface area contributed by atoms with E-state index in [4.69, 9.17) is 4.98 Å². The Balaban J connectivity index is 2.82. The molecule has 1 rings (SSSR count). The van der Waals surface area contributed by atoms with Gasteiger partial charge in [0, 0.05) is 37.1 Å². The van der Waals surface area contributed by atoms with Crippen molar-refractivity contribution in [3.63, 3.8) is 0 Å². The van der Waals surface area contributed by atoms with Crippen molar-refractivity contribution in [2.24, 2.45) is 0 Å². The predicted molar refractivity (Wildman–Crippen MR) is 96.4 cm³/mol. The Morgan fingerprint density at radius 3 is 2.52 bits per heavy atom. The number of hydrogen-bond donors (Lipinski definition) is 1. The molecule has 4 heteroatoms. The van der Waals surface area contributed by atoms with Crippen LogP contribution in [-0.2, 0) is 6.54 Å². The van der Waals surface area contributed by atoms with Crippen molar-refractivity contribution in [1.82, 2.24) is 10.3 Å². The van der Waals surface area contributed by atoms with Crippen LogP contribution in [-0.4, -0.2) is 35.6 Å². The van der Waals surface area contributed by atoms with E-state index in [1.54, 1.807) is 0 Å². The number of nitrogens with one attached hydrogen (secondary N) is 1. The molecule has 120 valence electrons. The maximum atomic E-state index is 4.71. The van der Waals surface area contributed by atoms with Gasteiger partial charge in [-0.25, -0.2) is 4.98 Å². The van der Waals surface area contributed by atoms with Crippen LogP contribution in [0.4, 0.5) is 5.82 Å². The van der Waals surface area contributed by atoms with Crippen LogP contribution in [0.1, 0.15) is 45.2 Å². The minimum Gasteiger partial charge on any atom is -0.356 e. The maximum absolute atomic E-state index is 4.71. The smallest absolute Gasteiger partial charge is 0.131 e. The van der Waals surface area contributed by atoms with Gasteiger partial charge in [-0.15, -0.1) is 0 Å². The Morgan fingerprint density at radius 2 is 2.05 bits per heavy atom. The zero-order valence-corrected chi connectivity index (χ0v) is 15.5. The van der Waals surface area contributed by atoms with Crippen LogP contribution in [0.3, 0.4) is 0 Å². The highest BCUT2D eigenvalue weighted by Gasteiger charge is 2.16. The fraction of sp³-hybridized carbons (Fsp3) is 0.706. The Labute approximate surface area is 134 Å². The quantitative estimate of drug-likeness (QED) is 0.828. The predicted octanol–water partition coefficient (Wildman–Crippen LogP) is 3.86. The SMILES string of the molecule is CCC(CSC)N(C)c1ncc(CNC(C)(C)C)cc1C. The zero-order chi connectivity index (χ0) is 16.0. The molecule has 3 nitrogen and oxygen atoms in total. The van der Waals surface area contributed by atoms with Crippen LogP contribution >= 0.6 is 11.8 Å². The minimum atomic E-state index is 0.134. The molecular formula is C17H31N3S. The van der Waals surface area contributed by atoms with Gasteiger partial charge in [-0.2, -0.15) is 11.8 Å². The van der Waals surface area contributed by atoms with Gasteiger partial charge >= 0.3 is 0 Å². The van der Waals surface area contributed by atoms with Gasteiger partial charge in [0.15, 0.2) is 0 Å². The van der Waals surface area contributed by atoms with Crippen molar-refractivity contribution < 1.29 is 0 Å². The fourth-order valence-electron chi connectivity index (χ4n) is 2.33. The molecule has 0 radical (unpaired) electrons. The van der Waals surface area contributed by atoms with Crippen molar-refractivity contribution in [2.75, 3.05) is 24.0 Å². The fourth-order valence-corrected chi connectivity index (χ4v) is 3.17. The van der Waals surface area contributed by atoms with Crippen LogP contribution in [0, 0.1) is 6.92 Å². The van der Waals surface area contributed by atoms with Crippen LogP contribution in [0.15, 0.2) is 12.3 Å². The Kier molecular flexibility index (Phi) is 7.01. The highest BCUT2D eigenvalue weighted by Crippen LogP contribution is 2.21. The average molecular weight is 310 g/mol. The highest BCUT2D eigenvalue weighted by atomic mass is 32.2. The average Bonchev–Trinajstić information content (AvgIpc) is 2.41. The molecular weight excluding hydrogens is 278 g/mol. The first-order valence-electron chi connectivity index (χ1n) is 7.70. The summed E-state index contributed by atoms with van der Waals surface area (Å²) in [6.45, 7) is 11.8. The molecule has 0 aliphatic carbocycles. The first kappa shape index (κ1) is 18.3. The lowest BCUT2D eigenvalue weighted by molar-refractivity contribution is 0.424. The molecule has 1 heterocycles. The number of aromatic nitrogens is 1.